The summed E-state index contributed by atoms with van der Waals surface area (Å²) in [6, 6.07) is 14.6. The van der Waals surface area contributed by atoms with E-state index in [2.05, 4.69) is 27.3 Å². The topological polar surface area (TPSA) is 62.5 Å². The number of benzene rings is 2. The third-order valence-corrected chi connectivity index (χ3v) is 5.16. The number of aromatic hydroxyl groups is 1. The van der Waals surface area contributed by atoms with Crippen LogP contribution in [0.25, 0.3) is 11.0 Å². The Hall–Kier alpha value is -2.27. The van der Waals surface area contributed by atoms with E-state index in [1.54, 1.807) is 18.2 Å². The van der Waals surface area contributed by atoms with E-state index in [0.717, 1.165) is 34.7 Å². The fraction of sp³-hybridized carbons (Fsp3) is 0.211. The Morgan fingerprint density at radius 1 is 1.17 bits per heavy atom. The first-order valence-corrected chi connectivity index (χ1v) is 8.66. The van der Waals surface area contributed by atoms with Gasteiger partial charge in [0.1, 0.15) is 11.3 Å². The maximum Gasteiger partial charge on any atom is 0.287 e. The molecule has 0 bridgehead atoms. The Kier molecular flexibility index (Phi) is 3.61. The van der Waals surface area contributed by atoms with Crippen molar-refractivity contribution in [2.75, 3.05) is 0 Å². The molecule has 5 heteroatoms. The predicted octanol–water partition coefficient (Wildman–Crippen LogP) is 4.71. The first-order valence-electron chi connectivity index (χ1n) is 7.87. The van der Waals surface area contributed by atoms with Gasteiger partial charge in [0.25, 0.3) is 5.91 Å². The molecule has 0 saturated heterocycles. The van der Waals surface area contributed by atoms with Crippen molar-refractivity contribution in [2.45, 2.75) is 24.8 Å². The SMILES string of the molecule is O=C(NC1(c2cccc(Br)c2)CCC1)c1cc2ccc(O)cc2o1. The van der Waals surface area contributed by atoms with Crippen LogP contribution in [-0.4, -0.2) is 11.0 Å². The quantitative estimate of drug-likeness (QED) is 0.685. The van der Waals surface area contributed by atoms with Crippen LogP contribution in [0.3, 0.4) is 0 Å². The molecule has 0 atom stereocenters. The molecule has 0 radical (unpaired) electrons. The van der Waals surface area contributed by atoms with Crippen molar-refractivity contribution in [3.05, 3.63) is 64.3 Å². The van der Waals surface area contributed by atoms with E-state index in [9.17, 15) is 9.90 Å². The highest BCUT2D eigenvalue weighted by Crippen LogP contribution is 2.42. The van der Waals surface area contributed by atoms with E-state index < -0.39 is 0 Å². The van der Waals surface area contributed by atoms with Crippen molar-refractivity contribution in [2.24, 2.45) is 0 Å². The second-order valence-electron chi connectivity index (χ2n) is 6.23. The number of rotatable bonds is 3. The summed E-state index contributed by atoms with van der Waals surface area (Å²) in [6.45, 7) is 0. The number of halogens is 1. The molecule has 1 heterocycles. The van der Waals surface area contributed by atoms with Crippen LogP contribution in [0.5, 0.6) is 5.75 Å². The Labute approximate surface area is 147 Å². The smallest absolute Gasteiger partial charge is 0.287 e. The van der Waals surface area contributed by atoms with Crippen molar-refractivity contribution in [3.8, 4) is 5.75 Å². The molecule has 1 aliphatic carbocycles. The molecule has 0 unspecified atom stereocenters. The summed E-state index contributed by atoms with van der Waals surface area (Å²) >= 11 is 3.49. The van der Waals surface area contributed by atoms with E-state index in [0.29, 0.717) is 5.58 Å². The van der Waals surface area contributed by atoms with E-state index >= 15 is 0 Å². The molecule has 2 N–H and O–H groups in total. The van der Waals surface area contributed by atoms with Crippen LogP contribution < -0.4 is 5.32 Å². The van der Waals surface area contributed by atoms with Gasteiger partial charge in [-0.2, -0.15) is 0 Å². The number of carbonyl (C=O) groups excluding carboxylic acids is 1. The van der Waals surface area contributed by atoms with Gasteiger partial charge in [-0.15, -0.1) is 0 Å². The molecule has 4 nitrogen and oxygen atoms in total. The first-order chi connectivity index (χ1) is 11.6. The van der Waals surface area contributed by atoms with Gasteiger partial charge in [0.15, 0.2) is 5.76 Å². The first kappa shape index (κ1) is 15.3. The lowest BCUT2D eigenvalue weighted by atomic mass is 9.71. The molecule has 122 valence electrons. The summed E-state index contributed by atoms with van der Waals surface area (Å²) in [5, 5.41) is 13.5. The average molecular weight is 386 g/mol. The molecular formula is C19H16BrNO3. The third-order valence-electron chi connectivity index (χ3n) is 4.66. The van der Waals surface area contributed by atoms with Crippen LogP contribution in [0.15, 0.2) is 57.4 Å². The number of phenolic OH excluding ortho intramolecular Hbond substituents is 1. The number of fused-ring (bicyclic) bond motifs is 1. The number of hydrogen-bond acceptors (Lipinski definition) is 3. The largest absolute Gasteiger partial charge is 0.508 e. The normalized spacial score (nSPS) is 15.9. The van der Waals surface area contributed by atoms with Crippen molar-refractivity contribution in [1.82, 2.24) is 5.32 Å². The van der Waals surface area contributed by atoms with Crippen LogP contribution in [0, 0.1) is 0 Å². The van der Waals surface area contributed by atoms with Gasteiger partial charge in [0.05, 0.1) is 5.54 Å². The summed E-state index contributed by atoms with van der Waals surface area (Å²) in [5.74, 6) is 0.149. The van der Waals surface area contributed by atoms with Gasteiger partial charge in [-0.05, 0) is 55.2 Å². The minimum absolute atomic E-state index is 0.119. The second kappa shape index (κ2) is 5.67. The molecule has 4 rings (SSSR count). The van der Waals surface area contributed by atoms with Crippen molar-refractivity contribution in [1.29, 1.82) is 0 Å². The maximum absolute atomic E-state index is 12.7. The van der Waals surface area contributed by atoms with E-state index in [1.165, 1.54) is 6.07 Å². The molecule has 1 aromatic heterocycles. The fourth-order valence-corrected chi connectivity index (χ4v) is 3.61. The zero-order valence-electron chi connectivity index (χ0n) is 12.9. The van der Waals surface area contributed by atoms with Gasteiger partial charge in [-0.3, -0.25) is 4.79 Å². The Balaban J connectivity index is 1.64. The number of amides is 1. The van der Waals surface area contributed by atoms with Crippen LogP contribution in [0.1, 0.15) is 35.4 Å². The summed E-state index contributed by atoms with van der Waals surface area (Å²) < 4.78 is 6.60. The Bertz CT molecular complexity index is 927. The summed E-state index contributed by atoms with van der Waals surface area (Å²) in [6.07, 6.45) is 2.91. The van der Waals surface area contributed by atoms with Crippen molar-refractivity contribution >= 4 is 32.8 Å². The molecule has 3 aromatic rings. The molecule has 0 spiro atoms. The number of phenols is 1. The predicted molar refractivity (Wildman–Crippen MR) is 95.0 cm³/mol. The van der Waals surface area contributed by atoms with Crippen LogP contribution >= 0.6 is 15.9 Å². The van der Waals surface area contributed by atoms with Gasteiger partial charge < -0.3 is 14.8 Å². The number of furan rings is 1. The van der Waals surface area contributed by atoms with Gasteiger partial charge in [-0.1, -0.05) is 28.1 Å². The highest BCUT2D eigenvalue weighted by molar-refractivity contribution is 9.10. The standard InChI is InChI=1S/C19H16BrNO3/c20-14-4-1-3-13(10-14)19(7-2-8-19)21-18(23)17-9-12-5-6-15(22)11-16(12)24-17/h1,3-6,9-11,22H,2,7-8H2,(H,21,23). The molecular weight excluding hydrogens is 370 g/mol. The molecule has 0 aliphatic heterocycles. The number of nitrogens with one attached hydrogen (secondary N) is 1. The van der Waals surface area contributed by atoms with Crippen LogP contribution in [0.4, 0.5) is 0 Å². The van der Waals surface area contributed by atoms with E-state index in [4.69, 9.17) is 4.42 Å². The summed E-state index contributed by atoms with van der Waals surface area (Å²) in [7, 11) is 0. The second-order valence-corrected chi connectivity index (χ2v) is 7.15. The lowest BCUT2D eigenvalue weighted by Gasteiger charge is -2.43. The Morgan fingerprint density at radius 3 is 2.71 bits per heavy atom. The molecule has 1 amide bonds. The fourth-order valence-electron chi connectivity index (χ4n) is 3.21. The molecule has 24 heavy (non-hydrogen) atoms. The Morgan fingerprint density at radius 2 is 2.00 bits per heavy atom. The van der Waals surface area contributed by atoms with E-state index in [1.807, 2.05) is 18.2 Å². The molecule has 1 fully saturated rings. The van der Waals surface area contributed by atoms with E-state index in [-0.39, 0.29) is 23.0 Å². The molecule has 2 aromatic carbocycles. The molecule has 1 saturated carbocycles. The zero-order chi connectivity index (χ0) is 16.7. The van der Waals surface area contributed by atoms with Gasteiger partial charge in [0, 0.05) is 15.9 Å². The summed E-state index contributed by atoms with van der Waals surface area (Å²) in [5.41, 5.74) is 1.28. The third kappa shape index (κ3) is 2.59. The zero-order valence-corrected chi connectivity index (χ0v) is 14.5. The lowest BCUT2D eigenvalue weighted by Crippen LogP contribution is -2.50. The van der Waals surface area contributed by atoms with Crippen molar-refractivity contribution in [3.63, 3.8) is 0 Å². The van der Waals surface area contributed by atoms with Gasteiger partial charge in [-0.25, -0.2) is 0 Å². The minimum Gasteiger partial charge on any atom is -0.508 e. The van der Waals surface area contributed by atoms with Crippen molar-refractivity contribution < 1.29 is 14.3 Å². The highest BCUT2D eigenvalue weighted by atomic mass is 79.9. The number of hydrogen-bond donors (Lipinski definition) is 2. The minimum atomic E-state index is -0.331. The molecule has 1 aliphatic rings. The lowest BCUT2D eigenvalue weighted by molar-refractivity contribution is 0.0796. The van der Waals surface area contributed by atoms with Crippen LogP contribution in [-0.2, 0) is 5.54 Å². The highest BCUT2D eigenvalue weighted by Gasteiger charge is 2.40. The average Bonchev–Trinajstić information content (AvgIpc) is 2.94. The monoisotopic (exact) mass is 385 g/mol. The summed E-state index contributed by atoms with van der Waals surface area (Å²) in [4.78, 5) is 12.7. The maximum atomic E-state index is 12.7. The van der Waals surface area contributed by atoms with Crippen LogP contribution in [0.2, 0.25) is 0 Å². The van der Waals surface area contributed by atoms with Gasteiger partial charge >= 0.3 is 0 Å². The number of carbonyl (C=O) groups is 1. The van der Waals surface area contributed by atoms with Gasteiger partial charge in [0.2, 0.25) is 0 Å².